The lowest BCUT2D eigenvalue weighted by Gasteiger charge is -2.27. The fraction of sp³-hybridized carbons (Fsp3) is 0.350. The number of rotatable bonds is 3. The maximum absolute atomic E-state index is 13.1. The number of hydrogen-bond acceptors (Lipinski definition) is 6. The number of ether oxygens (including phenoxy) is 1. The third-order valence-corrected chi connectivity index (χ3v) is 5.01. The van der Waals surface area contributed by atoms with Crippen molar-refractivity contribution in [3.05, 3.63) is 52.1 Å². The molecule has 1 aliphatic heterocycles. The van der Waals surface area contributed by atoms with Gasteiger partial charge in [-0.15, -0.1) is 0 Å². The molecule has 0 radical (unpaired) electrons. The van der Waals surface area contributed by atoms with Crippen LogP contribution in [0.2, 0.25) is 0 Å². The molecule has 0 saturated carbocycles. The number of H-pyrrole nitrogens is 1. The Balaban J connectivity index is 1.61. The van der Waals surface area contributed by atoms with Crippen LogP contribution in [-0.4, -0.2) is 50.1 Å². The van der Waals surface area contributed by atoms with E-state index in [9.17, 15) is 9.59 Å². The van der Waals surface area contributed by atoms with Crippen molar-refractivity contribution in [2.24, 2.45) is 0 Å². The van der Waals surface area contributed by atoms with Crippen molar-refractivity contribution in [1.29, 1.82) is 0 Å². The second-order valence-corrected chi connectivity index (χ2v) is 6.82. The van der Waals surface area contributed by atoms with Crippen molar-refractivity contribution in [2.45, 2.75) is 33.7 Å². The van der Waals surface area contributed by atoms with Crippen molar-refractivity contribution in [3.8, 4) is 0 Å². The van der Waals surface area contributed by atoms with Crippen molar-refractivity contribution < 1.29 is 14.3 Å². The highest BCUT2D eigenvalue weighted by Gasteiger charge is 2.29. The standard InChI is InChI=1S/C20H21N5O3/c1-4-28-20(27)18-14-10-25(8-7-15(14)23-24-18)19(26)13-5-6-16-17(9-13)22-12(3)11(2)21-16/h5-6,9H,4,7-8,10H2,1-3H3,(H,23,24). The molecular formula is C20H21N5O3. The van der Waals surface area contributed by atoms with Crippen LogP contribution in [0, 0.1) is 13.8 Å². The Morgan fingerprint density at radius 1 is 1.18 bits per heavy atom. The topological polar surface area (TPSA) is 101 Å². The van der Waals surface area contributed by atoms with Crippen LogP contribution in [0.5, 0.6) is 0 Å². The predicted octanol–water partition coefficient (Wildman–Crippen LogP) is 2.34. The third-order valence-electron chi connectivity index (χ3n) is 5.01. The average Bonchev–Trinajstić information content (AvgIpc) is 3.11. The van der Waals surface area contributed by atoms with E-state index in [1.165, 1.54) is 0 Å². The number of carbonyl (C=O) groups is 2. The first-order valence-electron chi connectivity index (χ1n) is 9.25. The first kappa shape index (κ1) is 18.1. The number of nitrogens with zero attached hydrogens (tertiary/aromatic N) is 4. The quantitative estimate of drug-likeness (QED) is 0.701. The predicted molar refractivity (Wildman–Crippen MR) is 102 cm³/mol. The Labute approximate surface area is 161 Å². The lowest BCUT2D eigenvalue weighted by Crippen LogP contribution is -2.36. The highest BCUT2D eigenvalue weighted by atomic mass is 16.5. The summed E-state index contributed by atoms with van der Waals surface area (Å²) in [5, 5.41) is 6.98. The normalized spacial score (nSPS) is 13.5. The molecule has 0 bridgehead atoms. The van der Waals surface area contributed by atoms with Crippen LogP contribution < -0.4 is 0 Å². The van der Waals surface area contributed by atoms with Gasteiger partial charge in [-0.1, -0.05) is 0 Å². The van der Waals surface area contributed by atoms with E-state index in [1.54, 1.807) is 24.0 Å². The highest BCUT2D eigenvalue weighted by Crippen LogP contribution is 2.23. The van der Waals surface area contributed by atoms with Crippen LogP contribution in [0.4, 0.5) is 0 Å². The SMILES string of the molecule is CCOC(=O)c1n[nH]c2c1CN(C(=O)c1ccc3nc(C)c(C)nc3c1)CC2. The van der Waals surface area contributed by atoms with Gasteiger partial charge in [0.2, 0.25) is 0 Å². The number of amides is 1. The van der Waals surface area contributed by atoms with E-state index < -0.39 is 5.97 Å². The van der Waals surface area contributed by atoms with Gasteiger partial charge in [-0.05, 0) is 39.0 Å². The van der Waals surface area contributed by atoms with Crippen molar-refractivity contribution in [1.82, 2.24) is 25.1 Å². The van der Waals surface area contributed by atoms with Crippen molar-refractivity contribution >= 4 is 22.9 Å². The monoisotopic (exact) mass is 379 g/mol. The molecular weight excluding hydrogens is 358 g/mol. The number of esters is 1. The highest BCUT2D eigenvalue weighted by molar-refractivity contribution is 5.97. The molecule has 0 saturated heterocycles. The molecule has 2 aromatic heterocycles. The number of carbonyl (C=O) groups excluding carboxylic acids is 2. The van der Waals surface area contributed by atoms with Gasteiger partial charge in [-0.3, -0.25) is 9.89 Å². The summed E-state index contributed by atoms with van der Waals surface area (Å²) in [5.41, 5.74) is 5.59. The van der Waals surface area contributed by atoms with Gasteiger partial charge in [0.25, 0.3) is 5.91 Å². The molecule has 0 spiro atoms. The second-order valence-electron chi connectivity index (χ2n) is 6.82. The third kappa shape index (κ3) is 3.11. The Morgan fingerprint density at radius 2 is 1.93 bits per heavy atom. The van der Waals surface area contributed by atoms with Gasteiger partial charge < -0.3 is 9.64 Å². The first-order chi connectivity index (χ1) is 13.5. The molecule has 1 N–H and O–H groups in total. The molecule has 144 valence electrons. The number of aryl methyl sites for hydroxylation is 2. The summed E-state index contributed by atoms with van der Waals surface area (Å²) >= 11 is 0. The Morgan fingerprint density at radius 3 is 2.68 bits per heavy atom. The van der Waals surface area contributed by atoms with Gasteiger partial charge in [-0.25, -0.2) is 14.8 Å². The van der Waals surface area contributed by atoms with Gasteiger partial charge in [0, 0.05) is 29.8 Å². The zero-order valence-electron chi connectivity index (χ0n) is 16.1. The summed E-state index contributed by atoms with van der Waals surface area (Å²) in [7, 11) is 0. The average molecular weight is 379 g/mol. The number of aromatic amines is 1. The zero-order valence-corrected chi connectivity index (χ0v) is 16.1. The number of nitrogens with one attached hydrogen (secondary N) is 1. The van der Waals surface area contributed by atoms with Crippen LogP contribution >= 0.6 is 0 Å². The van der Waals surface area contributed by atoms with Crippen LogP contribution in [0.1, 0.15) is 50.4 Å². The minimum atomic E-state index is -0.471. The van der Waals surface area contributed by atoms with E-state index in [4.69, 9.17) is 4.74 Å². The Kier molecular flexibility index (Phi) is 4.54. The van der Waals surface area contributed by atoms with E-state index in [0.29, 0.717) is 30.6 Å². The van der Waals surface area contributed by atoms with E-state index in [0.717, 1.165) is 28.2 Å². The van der Waals surface area contributed by atoms with Gasteiger partial charge in [0.15, 0.2) is 5.69 Å². The fourth-order valence-electron chi connectivity index (χ4n) is 3.38. The number of benzene rings is 1. The van der Waals surface area contributed by atoms with Gasteiger partial charge in [-0.2, -0.15) is 5.10 Å². The van der Waals surface area contributed by atoms with Crippen molar-refractivity contribution in [2.75, 3.05) is 13.2 Å². The molecule has 0 fully saturated rings. The summed E-state index contributed by atoms with van der Waals surface area (Å²) in [6, 6.07) is 5.36. The molecule has 3 aromatic rings. The second kappa shape index (κ2) is 7.03. The van der Waals surface area contributed by atoms with E-state index in [-0.39, 0.29) is 18.2 Å². The molecule has 0 atom stereocenters. The minimum Gasteiger partial charge on any atom is -0.461 e. The van der Waals surface area contributed by atoms with E-state index in [2.05, 4.69) is 20.2 Å². The molecule has 1 aliphatic rings. The maximum Gasteiger partial charge on any atom is 0.359 e. The molecule has 4 rings (SSSR count). The summed E-state index contributed by atoms with van der Waals surface area (Å²) in [6.07, 6.45) is 0.610. The van der Waals surface area contributed by atoms with Gasteiger partial charge >= 0.3 is 5.97 Å². The number of aromatic nitrogens is 4. The molecule has 8 heteroatoms. The smallest absolute Gasteiger partial charge is 0.359 e. The van der Waals surface area contributed by atoms with Gasteiger partial charge in [0.05, 0.1) is 35.6 Å². The van der Waals surface area contributed by atoms with E-state index >= 15 is 0 Å². The van der Waals surface area contributed by atoms with Gasteiger partial charge in [0.1, 0.15) is 0 Å². The lowest BCUT2D eigenvalue weighted by molar-refractivity contribution is 0.0513. The first-order valence-corrected chi connectivity index (χ1v) is 9.25. The molecule has 28 heavy (non-hydrogen) atoms. The van der Waals surface area contributed by atoms with Crippen molar-refractivity contribution in [3.63, 3.8) is 0 Å². The molecule has 1 amide bonds. The lowest BCUT2D eigenvalue weighted by atomic mass is 10.0. The Bertz CT molecular complexity index is 1090. The van der Waals surface area contributed by atoms with Crippen LogP contribution in [-0.2, 0) is 17.7 Å². The van der Waals surface area contributed by atoms with Crippen LogP contribution in [0.15, 0.2) is 18.2 Å². The molecule has 0 unspecified atom stereocenters. The summed E-state index contributed by atoms with van der Waals surface area (Å²) in [4.78, 5) is 35.9. The molecule has 8 nitrogen and oxygen atoms in total. The number of fused-ring (bicyclic) bond motifs is 2. The fourth-order valence-corrected chi connectivity index (χ4v) is 3.38. The van der Waals surface area contributed by atoms with Crippen LogP contribution in [0.3, 0.4) is 0 Å². The van der Waals surface area contributed by atoms with Crippen LogP contribution in [0.25, 0.3) is 11.0 Å². The molecule has 0 aliphatic carbocycles. The number of hydrogen-bond donors (Lipinski definition) is 1. The largest absolute Gasteiger partial charge is 0.461 e. The minimum absolute atomic E-state index is 0.108. The summed E-state index contributed by atoms with van der Waals surface area (Å²) < 4.78 is 5.06. The maximum atomic E-state index is 13.1. The molecule has 3 heterocycles. The summed E-state index contributed by atoms with van der Waals surface area (Å²) in [5.74, 6) is -0.579. The van der Waals surface area contributed by atoms with E-state index in [1.807, 2.05) is 19.9 Å². The Hall–Kier alpha value is -3.29. The zero-order chi connectivity index (χ0) is 19.8. The summed E-state index contributed by atoms with van der Waals surface area (Å²) in [6.45, 7) is 6.71. The molecule has 1 aromatic carbocycles.